The van der Waals surface area contributed by atoms with Crippen LogP contribution in [0, 0.1) is 17.7 Å². The van der Waals surface area contributed by atoms with Crippen LogP contribution in [0.5, 0.6) is 0 Å². The van der Waals surface area contributed by atoms with Crippen molar-refractivity contribution in [1.82, 2.24) is 9.36 Å². The van der Waals surface area contributed by atoms with Gasteiger partial charge in [0.05, 0.1) is 18.7 Å². The summed E-state index contributed by atoms with van der Waals surface area (Å²) in [5, 5.41) is 0. The summed E-state index contributed by atoms with van der Waals surface area (Å²) in [5.74, 6) is -0.463. The van der Waals surface area contributed by atoms with Crippen LogP contribution in [-0.2, 0) is 16.1 Å². The summed E-state index contributed by atoms with van der Waals surface area (Å²) in [6.45, 7) is 0.466. The fourth-order valence-corrected chi connectivity index (χ4v) is 3.30. The molecular weight excluding hydrogens is 299 g/mol. The van der Waals surface area contributed by atoms with Crippen molar-refractivity contribution < 1.29 is 13.9 Å². The number of esters is 1. The predicted octanol–water partition coefficient (Wildman–Crippen LogP) is 2.37. The van der Waals surface area contributed by atoms with Crippen LogP contribution in [0.25, 0.3) is 5.69 Å². The first-order valence-electron chi connectivity index (χ1n) is 7.71. The van der Waals surface area contributed by atoms with Gasteiger partial charge in [-0.15, -0.1) is 0 Å². The Balaban J connectivity index is 1.82. The van der Waals surface area contributed by atoms with Gasteiger partial charge in [-0.05, 0) is 37.3 Å². The predicted molar refractivity (Wildman–Crippen MR) is 82.8 cm³/mol. The third kappa shape index (κ3) is 3.06. The third-order valence-corrected chi connectivity index (χ3v) is 4.48. The molecule has 1 heterocycles. The van der Waals surface area contributed by atoms with Gasteiger partial charge in [0.2, 0.25) is 0 Å². The van der Waals surface area contributed by atoms with Crippen LogP contribution in [0.15, 0.2) is 41.3 Å². The number of rotatable bonds is 4. The lowest BCUT2D eigenvalue weighted by Gasteiger charge is -2.16. The lowest BCUT2D eigenvalue weighted by atomic mass is 10.1. The van der Waals surface area contributed by atoms with E-state index in [0.717, 1.165) is 12.8 Å². The fourth-order valence-electron chi connectivity index (χ4n) is 3.30. The first kappa shape index (κ1) is 15.5. The van der Waals surface area contributed by atoms with Crippen LogP contribution in [-0.4, -0.2) is 22.4 Å². The highest BCUT2D eigenvalue weighted by Gasteiger charge is 2.31. The van der Waals surface area contributed by atoms with Crippen molar-refractivity contribution in [2.45, 2.75) is 25.8 Å². The highest BCUT2D eigenvalue weighted by atomic mass is 19.1. The summed E-state index contributed by atoms with van der Waals surface area (Å²) in [5.41, 5.74) is 0.173. The maximum Gasteiger partial charge on any atom is 0.308 e. The molecule has 1 aromatic carbocycles. The molecule has 0 aliphatic heterocycles. The second-order valence-electron chi connectivity index (χ2n) is 5.93. The Morgan fingerprint density at radius 2 is 2.09 bits per heavy atom. The van der Waals surface area contributed by atoms with E-state index < -0.39 is 0 Å². The number of methoxy groups -OCH3 is 1. The second kappa shape index (κ2) is 6.40. The number of ether oxygens (including phenoxy) is 1. The Morgan fingerprint density at radius 3 is 2.83 bits per heavy atom. The largest absolute Gasteiger partial charge is 0.469 e. The summed E-state index contributed by atoms with van der Waals surface area (Å²) in [6, 6.07) is 7.78. The molecule has 2 aromatic rings. The zero-order chi connectivity index (χ0) is 16.4. The van der Waals surface area contributed by atoms with E-state index in [-0.39, 0.29) is 29.2 Å². The van der Waals surface area contributed by atoms with E-state index in [1.165, 1.54) is 23.9 Å². The Bertz CT molecular complexity index is 765. The first-order valence-corrected chi connectivity index (χ1v) is 7.71. The lowest BCUT2D eigenvalue weighted by molar-refractivity contribution is -0.145. The van der Waals surface area contributed by atoms with E-state index in [2.05, 4.69) is 0 Å². The number of nitrogens with zero attached hydrogens (tertiary/aromatic N) is 2. The molecule has 1 fully saturated rings. The fraction of sp³-hybridized carbons (Fsp3) is 0.412. The van der Waals surface area contributed by atoms with Crippen molar-refractivity contribution in [3.05, 3.63) is 52.7 Å². The van der Waals surface area contributed by atoms with Gasteiger partial charge in [-0.2, -0.15) is 0 Å². The lowest BCUT2D eigenvalue weighted by Crippen LogP contribution is -2.26. The summed E-state index contributed by atoms with van der Waals surface area (Å²) < 4.78 is 21.9. The Kier molecular flexibility index (Phi) is 4.32. The van der Waals surface area contributed by atoms with Crippen molar-refractivity contribution in [3.63, 3.8) is 0 Å². The molecule has 1 aliphatic carbocycles. The maximum absolute atomic E-state index is 14.0. The van der Waals surface area contributed by atoms with Crippen molar-refractivity contribution in [2.24, 2.45) is 11.8 Å². The number of aromatic nitrogens is 2. The minimum atomic E-state index is -0.379. The van der Waals surface area contributed by atoms with Crippen LogP contribution in [0.3, 0.4) is 0 Å². The smallest absolute Gasteiger partial charge is 0.308 e. The Labute approximate surface area is 133 Å². The van der Waals surface area contributed by atoms with Gasteiger partial charge >= 0.3 is 5.97 Å². The number of hydrogen-bond acceptors (Lipinski definition) is 3. The monoisotopic (exact) mass is 318 g/mol. The van der Waals surface area contributed by atoms with Gasteiger partial charge in [-0.3, -0.25) is 14.3 Å². The van der Waals surface area contributed by atoms with Crippen LogP contribution >= 0.6 is 0 Å². The van der Waals surface area contributed by atoms with Crippen LogP contribution in [0.2, 0.25) is 0 Å². The second-order valence-corrected chi connectivity index (χ2v) is 5.93. The number of hydrogen-bond donors (Lipinski definition) is 0. The molecule has 2 atom stereocenters. The van der Waals surface area contributed by atoms with E-state index in [4.69, 9.17) is 4.74 Å². The van der Waals surface area contributed by atoms with Crippen molar-refractivity contribution in [1.29, 1.82) is 0 Å². The average Bonchev–Trinajstić information content (AvgIpc) is 3.16. The summed E-state index contributed by atoms with van der Waals surface area (Å²) in [4.78, 5) is 23.7. The van der Waals surface area contributed by atoms with Crippen molar-refractivity contribution >= 4 is 5.97 Å². The van der Waals surface area contributed by atoms with Crippen molar-refractivity contribution in [2.75, 3.05) is 7.11 Å². The number of carbonyl (C=O) groups excluding carboxylic acids is 1. The summed E-state index contributed by atoms with van der Waals surface area (Å²) in [6.07, 6.45) is 3.90. The summed E-state index contributed by atoms with van der Waals surface area (Å²) in [7, 11) is 1.39. The van der Waals surface area contributed by atoms with Crippen LogP contribution in [0.4, 0.5) is 4.39 Å². The zero-order valence-electron chi connectivity index (χ0n) is 12.9. The molecule has 0 bridgehead atoms. The SMILES string of the molecule is COC(=O)[C@@H]1CC[C@H](Cn2c(=O)ccn2-c2ccccc2F)C1. The first-order chi connectivity index (χ1) is 11.1. The van der Waals surface area contributed by atoms with E-state index in [1.807, 2.05) is 0 Å². The number of halogens is 1. The molecule has 0 radical (unpaired) electrons. The minimum Gasteiger partial charge on any atom is -0.469 e. The molecule has 6 heteroatoms. The highest BCUT2D eigenvalue weighted by molar-refractivity contribution is 5.72. The number of para-hydroxylation sites is 1. The Morgan fingerprint density at radius 1 is 1.30 bits per heavy atom. The number of benzene rings is 1. The highest BCUT2D eigenvalue weighted by Crippen LogP contribution is 2.32. The van der Waals surface area contributed by atoms with Gasteiger partial charge in [0, 0.05) is 18.8 Å². The molecule has 23 heavy (non-hydrogen) atoms. The normalized spacial score (nSPS) is 20.6. The topological polar surface area (TPSA) is 53.2 Å². The van der Waals surface area contributed by atoms with E-state index in [1.54, 1.807) is 29.1 Å². The van der Waals surface area contributed by atoms with Gasteiger partial charge < -0.3 is 4.74 Å². The Hall–Kier alpha value is -2.37. The molecule has 1 saturated carbocycles. The van der Waals surface area contributed by atoms with Gasteiger partial charge in [-0.25, -0.2) is 9.07 Å². The van der Waals surface area contributed by atoms with Gasteiger partial charge in [0.1, 0.15) is 5.82 Å². The van der Waals surface area contributed by atoms with Crippen molar-refractivity contribution in [3.8, 4) is 5.69 Å². The molecular formula is C17H19FN2O3. The molecule has 1 aliphatic rings. The van der Waals surface area contributed by atoms with Gasteiger partial charge in [-0.1, -0.05) is 12.1 Å². The van der Waals surface area contributed by atoms with Crippen LogP contribution < -0.4 is 5.56 Å². The average molecular weight is 318 g/mol. The standard InChI is InChI=1S/C17H19FN2O3/c1-23-17(22)13-7-6-12(10-13)11-20-16(21)8-9-19(20)15-5-3-2-4-14(15)18/h2-5,8-9,12-13H,6-7,10-11H2,1H3/t12-,13+/m0/s1. The molecule has 0 N–H and O–H groups in total. The van der Waals surface area contributed by atoms with Crippen LogP contribution in [0.1, 0.15) is 19.3 Å². The molecule has 0 saturated heterocycles. The molecule has 122 valence electrons. The minimum absolute atomic E-state index is 0.0995. The van der Waals surface area contributed by atoms with Gasteiger partial charge in [0.25, 0.3) is 5.56 Å². The maximum atomic E-state index is 14.0. The zero-order valence-corrected chi connectivity index (χ0v) is 12.9. The molecule has 0 unspecified atom stereocenters. The molecule has 1 aromatic heterocycles. The van der Waals surface area contributed by atoms with Gasteiger partial charge in [0.15, 0.2) is 0 Å². The summed E-state index contributed by atoms with van der Waals surface area (Å²) >= 11 is 0. The quantitative estimate of drug-likeness (QED) is 0.813. The third-order valence-electron chi connectivity index (χ3n) is 4.48. The van der Waals surface area contributed by atoms with E-state index in [9.17, 15) is 14.0 Å². The molecule has 0 amide bonds. The van der Waals surface area contributed by atoms with E-state index >= 15 is 0 Å². The molecule has 0 spiro atoms. The molecule has 3 rings (SSSR count). The molecule has 5 nitrogen and oxygen atoms in total. The van der Waals surface area contributed by atoms with E-state index in [0.29, 0.717) is 18.7 Å². The number of carbonyl (C=O) groups is 1.